The van der Waals surface area contributed by atoms with E-state index in [1.54, 1.807) is 0 Å². The van der Waals surface area contributed by atoms with E-state index in [0.29, 0.717) is 0 Å². The van der Waals surface area contributed by atoms with E-state index >= 15 is 0 Å². The molecule has 8 heterocycles. The van der Waals surface area contributed by atoms with Crippen LogP contribution in [0.4, 0.5) is 0 Å². The van der Waals surface area contributed by atoms with Crippen molar-refractivity contribution in [3.8, 4) is 0 Å². The first-order chi connectivity index (χ1) is 39.3. The normalized spacial score (nSPS) is 10.2. The molecule has 0 saturated carbocycles. The average Bonchev–Trinajstić information content (AvgIpc) is 4.24. The number of aromatic nitrogens is 16. The zero-order chi connectivity index (χ0) is 70.2. The summed E-state index contributed by atoms with van der Waals surface area (Å²) in [7, 11) is -20.2. The molecule has 96 heavy (non-hydrogen) atoms. The fraction of sp³-hybridized carbons (Fsp3) is 0.455. The molecule has 0 aliphatic rings. The van der Waals surface area contributed by atoms with Crippen LogP contribution in [0.2, 0.25) is 0 Å². The minimum Gasteiger partial charge on any atom is -2.00 e. The summed E-state index contributed by atoms with van der Waals surface area (Å²) in [4.78, 5) is 77.8. The predicted octanol–water partition coefficient (Wildman–Crippen LogP) is 8.64. The molecule has 0 saturated heterocycles. The Labute approximate surface area is 662 Å². The molecule has 540 valence electrons. The van der Waals surface area contributed by atoms with Crippen LogP contribution in [-0.4, -0.2) is 95.7 Å². The molecule has 0 aromatic carbocycles. The summed E-state index contributed by atoms with van der Waals surface area (Å²) in [6, 6.07) is 16.0. The van der Waals surface area contributed by atoms with Gasteiger partial charge in [0, 0.05) is 45.6 Å². The van der Waals surface area contributed by atoms with Crippen molar-refractivity contribution in [3.63, 3.8) is 0 Å². The van der Waals surface area contributed by atoms with Crippen LogP contribution in [0.25, 0.3) is 0 Å². The molecule has 32 nitrogen and oxygen atoms in total. The Morgan fingerprint density at radius 2 is 0.302 bits per heavy atom. The second-order valence-electron chi connectivity index (χ2n) is 17.4. The first-order valence-corrected chi connectivity index (χ1v) is 34.3. The van der Waals surface area contributed by atoms with Crippen molar-refractivity contribution >= 4 is 170 Å². The van der Waals surface area contributed by atoms with Crippen LogP contribution >= 0.6 is 170 Å². The molecule has 0 aliphatic heterocycles. The Balaban J connectivity index is -0.0000000796. The van der Waals surface area contributed by atoms with Gasteiger partial charge >= 0.3 is 74.2 Å². The maximum absolute atomic E-state index is 9.73. The first kappa shape index (κ1) is 123. The average molecular weight is 1830 g/mol. The largest absolute Gasteiger partial charge is 4.00 e. The molecule has 8 N–H and O–H groups in total. The molecular weight excluding hydrogens is 1760 g/mol. The number of nitrogens with zero attached hydrogens (tertiary/aromatic N) is 8. The van der Waals surface area contributed by atoms with Crippen LogP contribution in [0.15, 0.2) is 48.5 Å². The summed E-state index contributed by atoms with van der Waals surface area (Å²) in [6.45, 7) is 31.6. The Kier molecular flexibility index (Phi) is 74.5. The Bertz CT molecular complexity index is 2660. The number of H-pyrrole nitrogens is 8. The second kappa shape index (κ2) is 58.2. The smallest absolute Gasteiger partial charge is 2.00 e. The zero-order valence-corrected chi connectivity index (χ0v) is 71.1. The molecule has 0 bridgehead atoms. The molecule has 8 aromatic heterocycles. The molecule has 0 amide bonds. The van der Waals surface area contributed by atoms with E-state index in [2.05, 4.69) is 221 Å². The number of hydrogen-bond donors (Lipinski definition) is 8. The van der Waals surface area contributed by atoms with E-state index < -0.39 is 44.5 Å². The van der Waals surface area contributed by atoms with Crippen LogP contribution in [0.3, 0.4) is 0 Å². The second-order valence-corrected chi connectivity index (χ2v) is 36.4. The number of halogens is 12. The quantitative estimate of drug-likeness (QED) is 0.0520. The first-order valence-electron chi connectivity index (χ1n) is 23.5. The van der Waals surface area contributed by atoms with Gasteiger partial charge < -0.3 is 79.3 Å². The van der Waals surface area contributed by atoms with E-state index in [1.807, 2.05) is 159 Å². The predicted molar refractivity (Wildman–Crippen MR) is 339 cm³/mol. The summed E-state index contributed by atoms with van der Waals surface area (Å²) < 4.78 is 28.1. The summed E-state index contributed by atoms with van der Waals surface area (Å²) >= 11 is 55.8. The number of nitrogens with one attached hydrogen (secondary N) is 8. The Morgan fingerprint density at radius 1 is 0.240 bits per heavy atom. The van der Waals surface area contributed by atoms with Crippen molar-refractivity contribution in [2.24, 2.45) is 0 Å². The van der Waals surface area contributed by atoms with Gasteiger partial charge in [-0.15, -0.1) is 0 Å². The monoisotopic (exact) mass is 1820 g/mol. The Hall–Kier alpha value is -0.0623. The molecule has 0 spiro atoms. The number of aromatic amines is 8. The minimum absolute atomic E-state index is 0. The zero-order valence-electron chi connectivity index (χ0n) is 52.8. The molecule has 52 heteroatoms. The van der Waals surface area contributed by atoms with Crippen LogP contribution < -0.4 is 39.1 Å². The SMILES string of the molecule is Cc1cc(C)[nH]n1.Cc1cc(C)[nH]n1.Cc1cc(C)[nH]n1.Cc1cc(C)[nH]n1.Cc1cc(C)[nH]n1.Cc1cc(C)[nH]n1.Cc1cc(C)[nH]n1.Cc1cc(C)[nH]n1.O=P([O-])([O-])C(Cl)(Cl)Cl.O=P([O-])([O-])C(Cl)(Cl)Cl.O=P([O-])([O-])C(Cl)(Cl)Cl.O=P([O-])([O-])C(Cl)(Cl)Cl.[O-2].[O-2].[O-2].[O-2].[V+4].[V+4].[V+4].[V+4]. The fourth-order valence-corrected chi connectivity index (χ4v) is 4.43. The standard InChI is InChI=1S/8C5H8N2.4CH2Cl3O3P.4O.4V/c8*1-4-3-5(2)7-6-4;4*2-1(3,4)8(5,6)7;;;;;;;;/h8*3H,1-2H3,(H,6,7);4*(H2,5,6,7);;;;;;;;/q;;;;;;;;;;;;4*-2;4*+4/p-8. The number of hydrogen-bond acceptors (Lipinski definition) is 20. The van der Waals surface area contributed by atoms with E-state index in [9.17, 15) is 57.4 Å². The molecule has 8 aromatic rings. The van der Waals surface area contributed by atoms with Crippen molar-refractivity contribution < 1.29 is 154 Å². The maximum Gasteiger partial charge on any atom is 4.00 e. The molecule has 8 rings (SSSR count). The van der Waals surface area contributed by atoms with Crippen molar-refractivity contribution in [1.29, 1.82) is 0 Å². The molecule has 0 aliphatic carbocycles. The van der Waals surface area contributed by atoms with E-state index in [-0.39, 0.29) is 96.1 Å². The van der Waals surface area contributed by atoms with Gasteiger partial charge in [-0.05, 0) is 190 Å². The number of rotatable bonds is 0. The van der Waals surface area contributed by atoms with Gasteiger partial charge in [0.05, 0.1) is 45.6 Å². The topological polar surface area (TPSA) is 596 Å². The van der Waals surface area contributed by atoms with Crippen LogP contribution in [-0.2, 0) is 114 Å². The summed E-state index contributed by atoms with van der Waals surface area (Å²) in [6.07, 6.45) is 0. The van der Waals surface area contributed by atoms with Crippen molar-refractivity contribution in [3.05, 3.63) is 140 Å². The van der Waals surface area contributed by atoms with Gasteiger partial charge in [-0.1, -0.05) is 139 Å². The third-order valence-electron chi connectivity index (χ3n) is 7.91. The molecule has 0 fully saturated rings. The van der Waals surface area contributed by atoms with Gasteiger partial charge in [0.1, 0.15) is 0 Å². The number of aryl methyl sites for hydroxylation is 16. The third-order valence-corrected chi connectivity index (χ3v) is 17.9. The van der Waals surface area contributed by atoms with Crippen molar-refractivity contribution in [1.82, 2.24) is 81.6 Å². The molecule has 0 unspecified atom stereocenters. The van der Waals surface area contributed by atoms with Crippen LogP contribution in [0.5, 0.6) is 0 Å². The van der Waals surface area contributed by atoms with Crippen molar-refractivity contribution in [2.45, 2.75) is 125 Å². The molecular formula is C44H64Cl12N16O16P4V4. The van der Waals surface area contributed by atoms with Crippen LogP contribution in [0, 0.1) is 111 Å². The summed E-state index contributed by atoms with van der Waals surface area (Å²) in [5, 5.41) is 53.7. The van der Waals surface area contributed by atoms with Crippen molar-refractivity contribution in [2.75, 3.05) is 0 Å². The van der Waals surface area contributed by atoms with Gasteiger partial charge in [-0.25, -0.2) is 0 Å². The van der Waals surface area contributed by atoms with Crippen LogP contribution in [0.1, 0.15) is 91.1 Å². The number of alkyl halides is 12. The molecule has 0 atom stereocenters. The fourth-order valence-electron chi connectivity index (χ4n) is 4.43. The summed E-state index contributed by atoms with van der Waals surface area (Å²) in [5.74, 6) is 0. The summed E-state index contributed by atoms with van der Waals surface area (Å²) in [5.41, 5.74) is 17.4. The Morgan fingerprint density at radius 3 is 0.312 bits per heavy atom. The third kappa shape index (κ3) is 69.6. The van der Waals surface area contributed by atoms with Gasteiger partial charge in [0.2, 0.25) is 14.1 Å². The van der Waals surface area contributed by atoms with Gasteiger partial charge in [-0.3, -0.25) is 40.8 Å². The van der Waals surface area contributed by atoms with E-state index in [4.69, 9.17) is 0 Å². The molecule has 4 radical (unpaired) electrons. The van der Waals surface area contributed by atoms with Gasteiger partial charge in [0.15, 0.2) is 0 Å². The van der Waals surface area contributed by atoms with E-state index in [0.717, 1.165) is 91.1 Å². The van der Waals surface area contributed by atoms with Gasteiger partial charge in [-0.2, -0.15) is 40.8 Å². The maximum atomic E-state index is 9.73. The minimum atomic E-state index is -5.05. The van der Waals surface area contributed by atoms with E-state index in [1.165, 1.54) is 0 Å². The van der Waals surface area contributed by atoms with Gasteiger partial charge in [0.25, 0.3) is 0 Å².